The number of aryl methyl sites for hydroxylation is 1. The summed E-state index contributed by atoms with van der Waals surface area (Å²) in [6.45, 7) is 3.00. The van der Waals surface area contributed by atoms with Crippen molar-refractivity contribution in [3.8, 4) is 0 Å². The van der Waals surface area contributed by atoms with Gasteiger partial charge in [0.15, 0.2) is 0 Å². The van der Waals surface area contributed by atoms with Crippen LogP contribution >= 0.6 is 0 Å². The summed E-state index contributed by atoms with van der Waals surface area (Å²) >= 11 is 0. The van der Waals surface area contributed by atoms with Crippen LogP contribution in [0.5, 0.6) is 0 Å². The molecule has 0 unspecified atom stereocenters. The smallest absolute Gasteiger partial charge is 0.340 e. The van der Waals surface area contributed by atoms with E-state index in [1.54, 1.807) is 32.0 Å². The first-order valence-corrected chi connectivity index (χ1v) is 8.40. The molecule has 0 aromatic heterocycles. The van der Waals surface area contributed by atoms with Crippen molar-refractivity contribution in [2.75, 3.05) is 19.0 Å². The molecule has 138 valence electrons. The minimum absolute atomic E-state index is 0.120. The second kappa shape index (κ2) is 6.44. The van der Waals surface area contributed by atoms with Gasteiger partial charge in [0.1, 0.15) is 12.1 Å². The van der Waals surface area contributed by atoms with E-state index in [-0.39, 0.29) is 17.2 Å². The maximum absolute atomic E-state index is 12.6. The first kappa shape index (κ1) is 17.9. The van der Waals surface area contributed by atoms with Crippen LogP contribution < -0.4 is 10.6 Å². The maximum Gasteiger partial charge on any atom is 0.340 e. The van der Waals surface area contributed by atoms with Gasteiger partial charge in [-0.1, -0.05) is 12.1 Å². The second-order valence-electron chi connectivity index (χ2n) is 6.84. The molecule has 1 atom stereocenters. The molecule has 8 heteroatoms. The topological polar surface area (TPSA) is 105 Å². The summed E-state index contributed by atoms with van der Waals surface area (Å²) in [4.78, 5) is 50.0. The van der Waals surface area contributed by atoms with Crippen molar-refractivity contribution in [3.05, 3.63) is 29.3 Å². The molecule has 1 aromatic carbocycles. The third-order valence-electron chi connectivity index (χ3n) is 4.93. The monoisotopic (exact) mass is 359 g/mol. The Morgan fingerprint density at radius 2 is 2.04 bits per heavy atom. The zero-order valence-electron chi connectivity index (χ0n) is 14.9. The minimum atomic E-state index is -0.933. The van der Waals surface area contributed by atoms with Gasteiger partial charge >= 0.3 is 12.0 Å². The van der Waals surface area contributed by atoms with E-state index in [0.29, 0.717) is 5.56 Å². The number of anilines is 1. The SMILES string of the molecule is COC(=O)c1c(C)cccc1NC(=O)CN1C(=O)N[C@@](C)(C2CC2)C1=O. The van der Waals surface area contributed by atoms with E-state index < -0.39 is 35.9 Å². The van der Waals surface area contributed by atoms with E-state index in [4.69, 9.17) is 4.74 Å². The van der Waals surface area contributed by atoms with Crippen molar-refractivity contribution in [2.24, 2.45) is 5.92 Å². The quantitative estimate of drug-likeness (QED) is 0.611. The van der Waals surface area contributed by atoms with Gasteiger partial charge < -0.3 is 15.4 Å². The summed E-state index contributed by atoms with van der Waals surface area (Å²) in [5.41, 5.74) is 0.228. The number of carbonyl (C=O) groups excluding carboxylic acids is 4. The first-order valence-electron chi connectivity index (χ1n) is 8.40. The Balaban J connectivity index is 1.74. The van der Waals surface area contributed by atoms with Gasteiger partial charge in [0, 0.05) is 0 Å². The van der Waals surface area contributed by atoms with Gasteiger partial charge in [-0.25, -0.2) is 9.59 Å². The van der Waals surface area contributed by atoms with Gasteiger partial charge in [-0.3, -0.25) is 14.5 Å². The lowest BCUT2D eigenvalue weighted by Gasteiger charge is -2.21. The van der Waals surface area contributed by atoms with Crippen LogP contribution in [0.3, 0.4) is 0 Å². The van der Waals surface area contributed by atoms with Crippen LogP contribution in [0.1, 0.15) is 35.7 Å². The highest BCUT2D eigenvalue weighted by Gasteiger charge is 2.56. The molecule has 2 aliphatic rings. The molecule has 1 aliphatic heterocycles. The van der Waals surface area contributed by atoms with Crippen molar-refractivity contribution in [1.29, 1.82) is 0 Å². The van der Waals surface area contributed by atoms with Gasteiger partial charge in [-0.15, -0.1) is 0 Å². The molecule has 1 saturated heterocycles. The number of rotatable bonds is 5. The number of benzene rings is 1. The molecule has 4 amide bonds. The number of carbonyl (C=O) groups is 4. The minimum Gasteiger partial charge on any atom is -0.465 e. The lowest BCUT2D eigenvalue weighted by molar-refractivity contribution is -0.134. The van der Waals surface area contributed by atoms with E-state index in [9.17, 15) is 19.2 Å². The van der Waals surface area contributed by atoms with Gasteiger partial charge in [0.05, 0.1) is 18.4 Å². The van der Waals surface area contributed by atoms with Crippen molar-refractivity contribution >= 4 is 29.5 Å². The molecule has 1 aliphatic carbocycles. The fourth-order valence-electron chi connectivity index (χ4n) is 3.27. The molecule has 1 saturated carbocycles. The molecule has 3 rings (SSSR count). The Labute approximate surface area is 150 Å². The largest absolute Gasteiger partial charge is 0.465 e. The van der Waals surface area contributed by atoms with E-state index in [1.165, 1.54) is 7.11 Å². The van der Waals surface area contributed by atoms with Crippen LogP contribution in [0.4, 0.5) is 10.5 Å². The Morgan fingerprint density at radius 1 is 1.35 bits per heavy atom. The summed E-state index contributed by atoms with van der Waals surface area (Å²) in [6, 6.07) is 4.41. The molecule has 2 N–H and O–H groups in total. The third kappa shape index (κ3) is 3.02. The number of methoxy groups -OCH3 is 1. The van der Waals surface area contributed by atoms with Gasteiger partial charge in [0.2, 0.25) is 5.91 Å². The lowest BCUT2D eigenvalue weighted by atomic mass is 9.96. The Morgan fingerprint density at radius 3 is 2.65 bits per heavy atom. The molecule has 1 aromatic rings. The zero-order chi connectivity index (χ0) is 19.1. The third-order valence-corrected chi connectivity index (χ3v) is 4.93. The highest BCUT2D eigenvalue weighted by molar-refractivity contribution is 6.11. The van der Waals surface area contributed by atoms with Crippen LogP contribution in [0.2, 0.25) is 0 Å². The average Bonchev–Trinajstić information content (AvgIpc) is 3.41. The molecular weight excluding hydrogens is 338 g/mol. The highest BCUT2D eigenvalue weighted by atomic mass is 16.5. The average molecular weight is 359 g/mol. The fraction of sp³-hybridized carbons (Fsp3) is 0.444. The van der Waals surface area contributed by atoms with Crippen molar-refractivity contribution in [2.45, 2.75) is 32.2 Å². The number of ether oxygens (including phenoxy) is 1. The number of amides is 4. The molecular formula is C18H21N3O5. The van der Waals surface area contributed by atoms with Crippen LogP contribution in [0.15, 0.2) is 18.2 Å². The van der Waals surface area contributed by atoms with E-state index in [1.807, 2.05) is 0 Å². The Bertz CT molecular complexity index is 802. The Kier molecular flexibility index (Phi) is 4.43. The van der Waals surface area contributed by atoms with Gasteiger partial charge in [-0.05, 0) is 44.2 Å². The van der Waals surface area contributed by atoms with E-state index in [0.717, 1.165) is 17.7 Å². The Hall–Kier alpha value is -2.90. The summed E-state index contributed by atoms with van der Waals surface area (Å²) in [5, 5.41) is 5.29. The standard InChI is InChI=1S/C18H21N3O5/c1-10-5-4-6-12(14(10)15(23)26-3)19-13(22)9-21-16(24)18(2,11-7-8-11)20-17(21)25/h4-6,11H,7-9H2,1-3H3,(H,19,22)(H,20,25)/t18-/m0/s1. The van der Waals surface area contributed by atoms with E-state index in [2.05, 4.69) is 10.6 Å². The number of imide groups is 1. The number of esters is 1. The normalized spacial score (nSPS) is 22.2. The molecule has 1 heterocycles. The van der Waals surface area contributed by atoms with Crippen LogP contribution in [-0.4, -0.2) is 47.9 Å². The summed E-state index contributed by atoms with van der Waals surface area (Å²) in [7, 11) is 1.26. The highest BCUT2D eigenvalue weighted by Crippen LogP contribution is 2.42. The maximum atomic E-state index is 12.6. The number of hydrogen-bond donors (Lipinski definition) is 2. The predicted octanol–water partition coefficient (Wildman–Crippen LogP) is 1.44. The number of urea groups is 1. The first-order chi connectivity index (χ1) is 12.3. The van der Waals surface area contributed by atoms with E-state index >= 15 is 0 Å². The molecule has 26 heavy (non-hydrogen) atoms. The molecule has 8 nitrogen and oxygen atoms in total. The zero-order valence-corrected chi connectivity index (χ0v) is 14.9. The molecule has 0 bridgehead atoms. The van der Waals surface area contributed by atoms with Crippen LogP contribution in [0, 0.1) is 12.8 Å². The van der Waals surface area contributed by atoms with Crippen molar-refractivity contribution in [3.63, 3.8) is 0 Å². The number of nitrogens with zero attached hydrogens (tertiary/aromatic N) is 1. The van der Waals surface area contributed by atoms with Crippen LogP contribution in [-0.2, 0) is 14.3 Å². The molecule has 0 spiro atoms. The lowest BCUT2D eigenvalue weighted by Crippen LogP contribution is -2.46. The van der Waals surface area contributed by atoms with Crippen molar-refractivity contribution in [1.82, 2.24) is 10.2 Å². The summed E-state index contributed by atoms with van der Waals surface area (Å²) < 4.78 is 4.75. The molecule has 2 fully saturated rings. The fourth-order valence-corrected chi connectivity index (χ4v) is 3.27. The summed E-state index contributed by atoms with van der Waals surface area (Å²) in [6.07, 6.45) is 1.77. The second-order valence-corrected chi connectivity index (χ2v) is 6.84. The van der Waals surface area contributed by atoms with Gasteiger partial charge in [-0.2, -0.15) is 0 Å². The number of hydrogen-bond acceptors (Lipinski definition) is 5. The van der Waals surface area contributed by atoms with Crippen molar-refractivity contribution < 1.29 is 23.9 Å². The van der Waals surface area contributed by atoms with Gasteiger partial charge in [0.25, 0.3) is 5.91 Å². The number of nitrogens with one attached hydrogen (secondary N) is 2. The molecule has 0 radical (unpaired) electrons. The summed E-state index contributed by atoms with van der Waals surface area (Å²) in [5.74, 6) is -1.41. The predicted molar refractivity (Wildman–Crippen MR) is 92.5 cm³/mol. The van der Waals surface area contributed by atoms with Crippen LogP contribution in [0.25, 0.3) is 0 Å².